The van der Waals surface area contributed by atoms with E-state index in [-0.39, 0.29) is 11.8 Å². The number of hydrogen-bond donors (Lipinski definition) is 2. The second-order valence-corrected chi connectivity index (χ2v) is 6.20. The van der Waals surface area contributed by atoms with Crippen molar-refractivity contribution in [2.45, 2.75) is 12.5 Å². The molecule has 1 rings (SSSR count). The molecule has 0 saturated heterocycles. The average Bonchev–Trinajstić information content (AvgIpc) is 2.17. The summed E-state index contributed by atoms with van der Waals surface area (Å²) in [4.78, 5) is 3.84. The van der Waals surface area contributed by atoms with Crippen LogP contribution in [0.3, 0.4) is 0 Å². The zero-order chi connectivity index (χ0) is 12.2. The minimum atomic E-state index is -2.99. The molecule has 0 radical (unpaired) electrons. The fraction of sp³-hybridized carbons (Fsp3) is 0.444. The number of hydrazine groups is 1. The van der Waals surface area contributed by atoms with Crippen molar-refractivity contribution in [3.05, 3.63) is 29.0 Å². The van der Waals surface area contributed by atoms with Gasteiger partial charge in [0.2, 0.25) is 0 Å². The third-order valence-corrected chi connectivity index (χ3v) is 3.32. The van der Waals surface area contributed by atoms with E-state index >= 15 is 0 Å². The molecule has 0 bridgehead atoms. The summed E-state index contributed by atoms with van der Waals surface area (Å²) in [6, 6.07) is 3.17. The van der Waals surface area contributed by atoms with Crippen LogP contribution in [0.15, 0.2) is 18.3 Å². The highest BCUT2D eigenvalue weighted by Crippen LogP contribution is 2.18. The topological polar surface area (TPSA) is 85.1 Å². The Hall–Kier alpha value is -0.690. The number of rotatable bonds is 5. The van der Waals surface area contributed by atoms with Gasteiger partial charge in [-0.1, -0.05) is 11.6 Å². The Bertz CT molecular complexity index is 450. The standard InChI is InChI=1S/C9H14ClN3O2S/c1-16(14,15)5-3-8(13-11)7-2-4-12-9(10)6-7/h2,4,6,8,13H,3,5,11H2,1H3. The van der Waals surface area contributed by atoms with Crippen LogP contribution in [0.5, 0.6) is 0 Å². The van der Waals surface area contributed by atoms with Crippen molar-refractivity contribution in [1.29, 1.82) is 0 Å². The van der Waals surface area contributed by atoms with Gasteiger partial charge >= 0.3 is 0 Å². The molecular formula is C9H14ClN3O2S. The molecular weight excluding hydrogens is 250 g/mol. The van der Waals surface area contributed by atoms with Crippen LogP contribution in [0.25, 0.3) is 0 Å². The second-order valence-electron chi connectivity index (χ2n) is 3.55. The highest BCUT2D eigenvalue weighted by atomic mass is 35.5. The van der Waals surface area contributed by atoms with E-state index in [4.69, 9.17) is 17.4 Å². The molecule has 16 heavy (non-hydrogen) atoms. The molecule has 0 amide bonds. The number of nitrogens with two attached hydrogens (primary N) is 1. The van der Waals surface area contributed by atoms with Crippen LogP contribution in [-0.2, 0) is 9.84 Å². The molecule has 0 saturated carbocycles. The Morgan fingerprint density at radius 3 is 2.81 bits per heavy atom. The number of sulfone groups is 1. The Morgan fingerprint density at radius 2 is 2.31 bits per heavy atom. The van der Waals surface area contributed by atoms with Gasteiger partial charge in [-0.05, 0) is 24.1 Å². The first-order chi connectivity index (χ1) is 7.42. The third kappa shape index (κ3) is 4.44. The molecule has 0 aliphatic carbocycles. The number of hydrogen-bond acceptors (Lipinski definition) is 5. The van der Waals surface area contributed by atoms with Gasteiger partial charge in [0, 0.05) is 18.5 Å². The molecule has 1 atom stereocenters. The predicted octanol–water partition coefficient (Wildman–Crippen LogP) is 0.674. The zero-order valence-corrected chi connectivity index (χ0v) is 10.4. The second kappa shape index (κ2) is 5.58. The summed E-state index contributed by atoms with van der Waals surface area (Å²) in [6.45, 7) is 0. The van der Waals surface area contributed by atoms with Gasteiger partial charge in [-0.15, -0.1) is 0 Å². The van der Waals surface area contributed by atoms with Crippen molar-refractivity contribution < 1.29 is 8.42 Å². The lowest BCUT2D eigenvalue weighted by Crippen LogP contribution is -2.29. The van der Waals surface area contributed by atoms with Crippen LogP contribution < -0.4 is 11.3 Å². The molecule has 3 N–H and O–H groups in total. The summed E-state index contributed by atoms with van der Waals surface area (Å²) >= 11 is 5.74. The Labute approximate surface area is 99.9 Å². The predicted molar refractivity (Wildman–Crippen MR) is 63.6 cm³/mol. The van der Waals surface area contributed by atoms with E-state index in [2.05, 4.69) is 10.4 Å². The summed E-state index contributed by atoms with van der Waals surface area (Å²) in [5.41, 5.74) is 3.39. The van der Waals surface area contributed by atoms with Crippen molar-refractivity contribution in [2.24, 2.45) is 5.84 Å². The van der Waals surface area contributed by atoms with Crippen LogP contribution in [0, 0.1) is 0 Å². The molecule has 0 fully saturated rings. The summed E-state index contributed by atoms with van der Waals surface area (Å²) in [6.07, 6.45) is 3.15. The highest BCUT2D eigenvalue weighted by Gasteiger charge is 2.13. The first-order valence-corrected chi connectivity index (χ1v) is 7.11. The summed E-state index contributed by atoms with van der Waals surface area (Å²) in [5, 5.41) is 0.358. The van der Waals surface area contributed by atoms with E-state index in [0.717, 1.165) is 5.56 Å². The van der Waals surface area contributed by atoms with Crippen molar-refractivity contribution in [3.63, 3.8) is 0 Å². The molecule has 0 aliphatic rings. The molecule has 5 nitrogen and oxygen atoms in total. The maximum atomic E-state index is 11.0. The van der Waals surface area contributed by atoms with Gasteiger partial charge in [0.15, 0.2) is 0 Å². The monoisotopic (exact) mass is 263 g/mol. The van der Waals surface area contributed by atoms with Crippen molar-refractivity contribution >= 4 is 21.4 Å². The lowest BCUT2D eigenvalue weighted by molar-refractivity contribution is 0.531. The van der Waals surface area contributed by atoms with Crippen molar-refractivity contribution in [2.75, 3.05) is 12.0 Å². The maximum absolute atomic E-state index is 11.0. The van der Waals surface area contributed by atoms with Gasteiger partial charge in [-0.2, -0.15) is 0 Å². The maximum Gasteiger partial charge on any atom is 0.147 e. The lowest BCUT2D eigenvalue weighted by atomic mass is 10.1. The molecule has 0 aliphatic heterocycles. The first kappa shape index (κ1) is 13.4. The van der Waals surface area contributed by atoms with Crippen LogP contribution in [0.2, 0.25) is 5.15 Å². The minimum Gasteiger partial charge on any atom is -0.271 e. The highest BCUT2D eigenvalue weighted by molar-refractivity contribution is 7.90. The molecule has 7 heteroatoms. The fourth-order valence-corrected chi connectivity index (χ4v) is 2.16. The molecule has 1 unspecified atom stereocenters. The van der Waals surface area contributed by atoms with Crippen molar-refractivity contribution in [3.8, 4) is 0 Å². The van der Waals surface area contributed by atoms with E-state index in [1.165, 1.54) is 6.26 Å². The molecule has 1 aromatic rings. The lowest BCUT2D eigenvalue weighted by Gasteiger charge is -2.15. The Morgan fingerprint density at radius 1 is 1.62 bits per heavy atom. The summed E-state index contributed by atoms with van der Waals surface area (Å²) in [5.74, 6) is 5.45. The zero-order valence-electron chi connectivity index (χ0n) is 8.85. The van der Waals surface area contributed by atoms with E-state index < -0.39 is 9.84 Å². The van der Waals surface area contributed by atoms with Gasteiger partial charge in [0.25, 0.3) is 0 Å². The van der Waals surface area contributed by atoms with E-state index in [1.54, 1.807) is 18.3 Å². The van der Waals surface area contributed by atoms with Gasteiger partial charge in [-0.25, -0.2) is 13.4 Å². The largest absolute Gasteiger partial charge is 0.271 e. The summed E-state index contributed by atoms with van der Waals surface area (Å²) < 4.78 is 22.1. The van der Waals surface area contributed by atoms with Crippen LogP contribution in [-0.4, -0.2) is 25.4 Å². The smallest absolute Gasteiger partial charge is 0.147 e. The first-order valence-electron chi connectivity index (χ1n) is 4.67. The van der Waals surface area contributed by atoms with Crippen LogP contribution in [0.4, 0.5) is 0 Å². The van der Waals surface area contributed by atoms with Gasteiger partial charge in [0.05, 0.1) is 5.75 Å². The van der Waals surface area contributed by atoms with E-state index in [1.807, 2.05) is 0 Å². The quantitative estimate of drug-likeness (QED) is 0.463. The average molecular weight is 264 g/mol. The molecule has 90 valence electrons. The number of nitrogens with zero attached hydrogens (tertiary/aromatic N) is 1. The van der Waals surface area contributed by atoms with Gasteiger partial charge in [-0.3, -0.25) is 11.3 Å². The Balaban J connectivity index is 2.75. The fourth-order valence-electron chi connectivity index (χ4n) is 1.31. The SMILES string of the molecule is CS(=O)(=O)CCC(NN)c1ccnc(Cl)c1. The number of aromatic nitrogens is 1. The van der Waals surface area contributed by atoms with Gasteiger partial charge in [0.1, 0.15) is 15.0 Å². The van der Waals surface area contributed by atoms with Crippen LogP contribution >= 0.6 is 11.6 Å². The normalized spacial score (nSPS) is 13.7. The number of nitrogens with one attached hydrogen (secondary N) is 1. The van der Waals surface area contributed by atoms with Gasteiger partial charge < -0.3 is 0 Å². The number of halogens is 1. The summed E-state index contributed by atoms with van der Waals surface area (Å²) in [7, 11) is -2.99. The van der Waals surface area contributed by atoms with Crippen LogP contribution in [0.1, 0.15) is 18.0 Å². The molecule has 1 heterocycles. The molecule has 0 aromatic carbocycles. The Kier molecular flexibility index (Phi) is 4.67. The van der Waals surface area contributed by atoms with E-state index in [0.29, 0.717) is 11.6 Å². The molecule has 0 spiro atoms. The van der Waals surface area contributed by atoms with E-state index in [9.17, 15) is 8.42 Å². The number of pyridine rings is 1. The molecule has 1 aromatic heterocycles. The minimum absolute atomic E-state index is 0.0712. The van der Waals surface area contributed by atoms with Crippen molar-refractivity contribution in [1.82, 2.24) is 10.4 Å². The third-order valence-electron chi connectivity index (χ3n) is 2.13.